The monoisotopic (exact) mass is 234 g/mol. The number of aliphatic carboxylic acids is 1. The van der Waals surface area contributed by atoms with Gasteiger partial charge >= 0.3 is 5.97 Å². The number of carboxylic acids is 1. The van der Waals surface area contributed by atoms with Crippen LogP contribution in [0.15, 0.2) is 30.9 Å². The molecule has 0 aliphatic carbocycles. The summed E-state index contributed by atoms with van der Waals surface area (Å²) in [5, 5.41) is 13.2. The highest BCUT2D eigenvalue weighted by molar-refractivity contribution is 5.77. The van der Waals surface area contributed by atoms with Gasteiger partial charge in [0.25, 0.3) is 0 Å². The predicted octanol–water partition coefficient (Wildman–Crippen LogP) is 3.07. The highest BCUT2D eigenvalue weighted by atomic mass is 16.5. The lowest BCUT2D eigenvalue weighted by atomic mass is 9.95. The fourth-order valence-corrected chi connectivity index (χ4v) is 1.64. The average molecular weight is 234 g/mol. The fraction of sp³-hybridized carbons (Fsp3) is 0.308. The van der Waals surface area contributed by atoms with Crippen molar-refractivity contribution >= 4 is 11.7 Å². The van der Waals surface area contributed by atoms with Crippen molar-refractivity contribution in [1.82, 2.24) is 0 Å². The molecular weight excluding hydrogens is 218 g/mol. The van der Waals surface area contributed by atoms with E-state index in [1.807, 2.05) is 0 Å². The van der Waals surface area contributed by atoms with Crippen molar-refractivity contribution in [3.05, 3.63) is 41.7 Å². The Balaban J connectivity index is 3.12. The Bertz CT molecular complexity index is 415. The number of nitrogens with zero attached hydrogens (tertiary/aromatic N) is 1. The number of rotatable bonds is 6. The summed E-state index contributed by atoms with van der Waals surface area (Å²) in [6, 6.07) is 5.22. The molecule has 0 saturated heterocycles. The molecule has 0 bridgehead atoms. The van der Waals surface area contributed by atoms with E-state index in [-0.39, 0.29) is 0 Å². The number of carboxylic acid groups (broad SMARTS) is 1. The van der Waals surface area contributed by atoms with Gasteiger partial charge in [-0.3, -0.25) is 4.79 Å². The SMILES string of the molecule is C=CCC(C(=O)O)c1ccc(OC)c([N-]C)c1. The van der Waals surface area contributed by atoms with Gasteiger partial charge < -0.3 is 15.2 Å². The molecule has 0 aliphatic rings. The molecule has 0 saturated carbocycles. The van der Waals surface area contributed by atoms with Gasteiger partial charge in [0, 0.05) is 0 Å². The van der Waals surface area contributed by atoms with Gasteiger partial charge in [-0.1, -0.05) is 23.9 Å². The molecule has 0 aliphatic heterocycles. The third-order valence-electron chi connectivity index (χ3n) is 2.55. The first-order chi connectivity index (χ1) is 8.13. The number of methoxy groups -OCH3 is 1. The largest absolute Gasteiger partial charge is 0.684 e. The second kappa shape index (κ2) is 5.94. The molecule has 1 unspecified atom stereocenters. The van der Waals surface area contributed by atoms with Crippen molar-refractivity contribution in [2.24, 2.45) is 0 Å². The summed E-state index contributed by atoms with van der Waals surface area (Å²) in [5.74, 6) is -0.810. The van der Waals surface area contributed by atoms with Crippen LogP contribution in [0.4, 0.5) is 5.69 Å². The number of hydrogen-bond donors (Lipinski definition) is 1. The van der Waals surface area contributed by atoms with Crippen LogP contribution in [0.1, 0.15) is 17.9 Å². The van der Waals surface area contributed by atoms with Crippen molar-refractivity contribution < 1.29 is 14.6 Å². The van der Waals surface area contributed by atoms with Gasteiger partial charge in [-0.05, 0) is 18.1 Å². The van der Waals surface area contributed by atoms with Crippen LogP contribution in [0.2, 0.25) is 0 Å². The Morgan fingerprint density at radius 2 is 2.35 bits per heavy atom. The fourth-order valence-electron chi connectivity index (χ4n) is 1.64. The first-order valence-electron chi connectivity index (χ1n) is 5.25. The lowest BCUT2D eigenvalue weighted by molar-refractivity contribution is -0.138. The maximum Gasteiger partial charge on any atom is 0.311 e. The Morgan fingerprint density at radius 3 is 2.82 bits per heavy atom. The summed E-state index contributed by atoms with van der Waals surface area (Å²) in [6.45, 7) is 3.57. The van der Waals surface area contributed by atoms with Gasteiger partial charge in [0.1, 0.15) is 5.75 Å². The Kier molecular flexibility index (Phi) is 4.57. The van der Waals surface area contributed by atoms with E-state index in [1.54, 1.807) is 38.4 Å². The summed E-state index contributed by atoms with van der Waals surface area (Å²) in [6.07, 6.45) is 2.00. The predicted molar refractivity (Wildman–Crippen MR) is 67.1 cm³/mol. The molecule has 0 radical (unpaired) electrons. The highest BCUT2D eigenvalue weighted by Crippen LogP contribution is 2.34. The minimum atomic E-state index is -0.864. The molecule has 1 N–H and O–H groups in total. The van der Waals surface area contributed by atoms with Crippen LogP contribution >= 0.6 is 0 Å². The van der Waals surface area contributed by atoms with E-state index in [4.69, 9.17) is 9.84 Å². The molecule has 17 heavy (non-hydrogen) atoms. The normalized spacial score (nSPS) is 11.6. The first-order valence-corrected chi connectivity index (χ1v) is 5.25. The van der Waals surface area contributed by atoms with Gasteiger partial charge in [-0.15, -0.1) is 13.6 Å². The quantitative estimate of drug-likeness (QED) is 0.769. The van der Waals surface area contributed by atoms with Gasteiger partial charge in [-0.25, -0.2) is 0 Å². The summed E-state index contributed by atoms with van der Waals surface area (Å²) in [7, 11) is 3.20. The summed E-state index contributed by atoms with van der Waals surface area (Å²) < 4.78 is 5.13. The summed E-state index contributed by atoms with van der Waals surface area (Å²) in [4.78, 5) is 11.1. The zero-order valence-corrected chi connectivity index (χ0v) is 10.0. The van der Waals surface area contributed by atoms with Crippen LogP contribution in [0.3, 0.4) is 0 Å². The molecule has 92 valence electrons. The smallest absolute Gasteiger partial charge is 0.311 e. The molecule has 0 fully saturated rings. The van der Waals surface area contributed by atoms with Crippen LogP contribution in [0, 0.1) is 0 Å². The van der Waals surface area contributed by atoms with E-state index >= 15 is 0 Å². The van der Waals surface area contributed by atoms with Gasteiger partial charge in [0.05, 0.1) is 13.0 Å². The summed E-state index contributed by atoms with van der Waals surface area (Å²) in [5.41, 5.74) is 1.36. The van der Waals surface area contributed by atoms with E-state index in [9.17, 15) is 4.79 Å². The van der Waals surface area contributed by atoms with Crippen molar-refractivity contribution in [2.75, 3.05) is 14.2 Å². The Labute approximate surface area is 101 Å². The Morgan fingerprint density at radius 1 is 1.65 bits per heavy atom. The van der Waals surface area contributed by atoms with Crippen LogP contribution in [-0.4, -0.2) is 25.2 Å². The molecule has 1 aromatic rings. The molecule has 1 aromatic carbocycles. The van der Waals surface area contributed by atoms with E-state index < -0.39 is 11.9 Å². The van der Waals surface area contributed by atoms with E-state index in [2.05, 4.69) is 11.9 Å². The van der Waals surface area contributed by atoms with Crippen LogP contribution in [0.5, 0.6) is 5.75 Å². The maximum atomic E-state index is 11.1. The lowest BCUT2D eigenvalue weighted by Crippen LogP contribution is -2.10. The molecular formula is C13H16NO3-. The molecule has 0 aromatic heterocycles. The van der Waals surface area contributed by atoms with Crippen LogP contribution in [0.25, 0.3) is 5.32 Å². The van der Waals surface area contributed by atoms with Crippen molar-refractivity contribution in [1.29, 1.82) is 0 Å². The lowest BCUT2D eigenvalue weighted by Gasteiger charge is -2.21. The van der Waals surface area contributed by atoms with Crippen LogP contribution in [-0.2, 0) is 4.79 Å². The zero-order chi connectivity index (χ0) is 12.8. The van der Waals surface area contributed by atoms with Crippen molar-refractivity contribution in [2.45, 2.75) is 12.3 Å². The number of ether oxygens (including phenoxy) is 1. The first kappa shape index (κ1) is 13.1. The molecule has 4 nitrogen and oxygen atoms in total. The highest BCUT2D eigenvalue weighted by Gasteiger charge is 2.18. The van der Waals surface area contributed by atoms with Gasteiger partial charge in [0.2, 0.25) is 0 Å². The zero-order valence-electron chi connectivity index (χ0n) is 10.0. The topological polar surface area (TPSA) is 60.6 Å². The molecule has 0 amide bonds. The average Bonchev–Trinajstić information content (AvgIpc) is 2.34. The van der Waals surface area contributed by atoms with Crippen LogP contribution < -0.4 is 4.74 Å². The molecule has 0 spiro atoms. The second-order valence-corrected chi connectivity index (χ2v) is 3.57. The maximum absolute atomic E-state index is 11.1. The molecule has 1 rings (SSSR count). The Hall–Kier alpha value is -1.97. The second-order valence-electron chi connectivity index (χ2n) is 3.57. The molecule has 0 heterocycles. The van der Waals surface area contributed by atoms with E-state index in [1.165, 1.54) is 0 Å². The number of hydrogen-bond acceptors (Lipinski definition) is 2. The molecule has 4 heteroatoms. The van der Waals surface area contributed by atoms with E-state index in [0.717, 1.165) is 0 Å². The van der Waals surface area contributed by atoms with Crippen molar-refractivity contribution in [3.63, 3.8) is 0 Å². The number of benzene rings is 1. The number of carbonyl (C=O) groups is 1. The minimum absolute atomic E-state index is 0.394. The molecule has 1 atom stereocenters. The third-order valence-corrected chi connectivity index (χ3v) is 2.55. The third kappa shape index (κ3) is 3.00. The standard InChI is InChI=1S/C13H16NO3/c1-4-5-10(13(15)16)9-6-7-12(17-3)11(8-9)14-2/h4,6-8,10H,1,5H2,2-3H3,(H,15,16)/q-1. The summed E-state index contributed by atoms with van der Waals surface area (Å²) >= 11 is 0. The number of allylic oxidation sites excluding steroid dienone is 1. The minimum Gasteiger partial charge on any atom is -0.684 e. The van der Waals surface area contributed by atoms with Gasteiger partial charge in [-0.2, -0.15) is 0 Å². The van der Waals surface area contributed by atoms with E-state index in [0.29, 0.717) is 23.4 Å². The van der Waals surface area contributed by atoms with Crippen molar-refractivity contribution in [3.8, 4) is 5.75 Å². The van der Waals surface area contributed by atoms with Gasteiger partial charge in [0.15, 0.2) is 0 Å².